The van der Waals surface area contributed by atoms with E-state index < -0.39 is 5.97 Å². The Kier molecular flexibility index (Phi) is 4.57. The highest BCUT2D eigenvalue weighted by molar-refractivity contribution is 5.86. The largest absolute Gasteiger partial charge is 0.453 e. The van der Waals surface area contributed by atoms with Gasteiger partial charge in [0, 0.05) is 18.0 Å². The number of ether oxygens (including phenoxy) is 1. The molecule has 4 aromatic rings. The average molecular weight is 363 g/mol. The van der Waals surface area contributed by atoms with E-state index in [1.165, 1.54) is 6.26 Å². The van der Waals surface area contributed by atoms with E-state index in [-0.39, 0.29) is 12.4 Å². The number of hydrogen-bond acceptors (Lipinski definition) is 6. The van der Waals surface area contributed by atoms with E-state index >= 15 is 0 Å². The molecule has 1 aromatic carbocycles. The molecule has 3 heterocycles. The Morgan fingerprint density at radius 1 is 1.19 bits per heavy atom. The maximum Gasteiger partial charge on any atom is 0.374 e. The van der Waals surface area contributed by atoms with E-state index in [1.807, 2.05) is 43.5 Å². The third-order valence-electron chi connectivity index (χ3n) is 3.94. The minimum absolute atomic E-state index is 0.00336. The molecule has 0 spiro atoms. The predicted molar refractivity (Wildman–Crippen MR) is 95.8 cm³/mol. The van der Waals surface area contributed by atoms with Crippen molar-refractivity contribution in [1.82, 2.24) is 14.8 Å². The number of furan rings is 1. The quantitative estimate of drug-likeness (QED) is 0.484. The van der Waals surface area contributed by atoms with Gasteiger partial charge in [-0.2, -0.15) is 5.10 Å². The van der Waals surface area contributed by atoms with E-state index in [0.29, 0.717) is 23.9 Å². The van der Waals surface area contributed by atoms with Gasteiger partial charge < -0.3 is 13.6 Å². The van der Waals surface area contributed by atoms with Gasteiger partial charge in [-0.15, -0.1) is 0 Å². The zero-order chi connectivity index (χ0) is 18.6. The summed E-state index contributed by atoms with van der Waals surface area (Å²) >= 11 is 0. The molecule has 27 heavy (non-hydrogen) atoms. The van der Waals surface area contributed by atoms with Crippen LogP contribution in [0.4, 0.5) is 0 Å². The Balaban J connectivity index is 1.35. The number of carbonyl (C=O) groups excluding carboxylic acids is 1. The predicted octanol–water partition coefficient (Wildman–Crippen LogP) is 3.84. The van der Waals surface area contributed by atoms with E-state index in [2.05, 4.69) is 10.1 Å². The fourth-order valence-electron chi connectivity index (χ4n) is 2.54. The van der Waals surface area contributed by atoms with Crippen molar-refractivity contribution in [3.8, 4) is 11.5 Å². The second-order valence-corrected chi connectivity index (χ2v) is 6.06. The van der Waals surface area contributed by atoms with Gasteiger partial charge >= 0.3 is 5.97 Å². The molecule has 4 rings (SSSR count). The van der Waals surface area contributed by atoms with Gasteiger partial charge in [0.2, 0.25) is 11.7 Å². The third-order valence-corrected chi connectivity index (χ3v) is 3.94. The number of aromatic nitrogens is 3. The summed E-state index contributed by atoms with van der Waals surface area (Å²) in [7, 11) is 0. The van der Waals surface area contributed by atoms with Gasteiger partial charge in [0.15, 0.2) is 0 Å². The molecule has 0 atom stereocenters. The molecule has 0 fully saturated rings. The highest BCUT2D eigenvalue weighted by Crippen LogP contribution is 2.20. The number of aryl methyl sites for hydroxylation is 1. The first kappa shape index (κ1) is 16.8. The lowest BCUT2D eigenvalue weighted by Gasteiger charge is -2.00. The lowest BCUT2D eigenvalue weighted by Crippen LogP contribution is -2.04. The number of hydrogen-bond donors (Lipinski definition) is 0. The fourth-order valence-corrected chi connectivity index (χ4v) is 2.54. The van der Waals surface area contributed by atoms with Crippen molar-refractivity contribution in [2.75, 3.05) is 0 Å². The molecule has 0 aliphatic carbocycles. The summed E-state index contributed by atoms with van der Waals surface area (Å²) in [4.78, 5) is 16.5. The summed E-state index contributed by atoms with van der Waals surface area (Å²) in [6.45, 7) is 2.46. The molecule has 7 nitrogen and oxygen atoms in total. The number of nitrogens with zero attached hydrogens (tertiary/aromatic N) is 3. The van der Waals surface area contributed by atoms with Gasteiger partial charge in [0.25, 0.3) is 0 Å². The zero-order valence-corrected chi connectivity index (χ0v) is 14.7. The second-order valence-electron chi connectivity index (χ2n) is 6.06. The van der Waals surface area contributed by atoms with Crippen LogP contribution in [0.1, 0.15) is 27.6 Å². The Labute approximate surface area is 155 Å². The summed E-state index contributed by atoms with van der Waals surface area (Å²) in [5, 5.41) is 4.10. The van der Waals surface area contributed by atoms with Crippen LogP contribution in [0.3, 0.4) is 0 Å². The molecule has 0 unspecified atom stereocenters. The van der Waals surface area contributed by atoms with E-state index in [4.69, 9.17) is 13.6 Å². The highest BCUT2D eigenvalue weighted by atomic mass is 16.5. The van der Waals surface area contributed by atoms with Gasteiger partial charge in [-0.05, 0) is 37.3 Å². The molecule has 0 saturated carbocycles. The minimum Gasteiger partial charge on any atom is -0.453 e. The molecule has 136 valence electrons. The Morgan fingerprint density at radius 2 is 2.04 bits per heavy atom. The van der Waals surface area contributed by atoms with Crippen molar-refractivity contribution >= 4 is 5.97 Å². The van der Waals surface area contributed by atoms with E-state index in [9.17, 15) is 4.79 Å². The average Bonchev–Trinajstić information content (AvgIpc) is 3.43. The van der Waals surface area contributed by atoms with E-state index in [0.717, 1.165) is 11.1 Å². The Morgan fingerprint density at radius 3 is 2.81 bits per heavy atom. The topological polar surface area (TPSA) is 83.3 Å². The molecule has 0 saturated heterocycles. The summed E-state index contributed by atoms with van der Waals surface area (Å²) in [6, 6.07) is 13.0. The second kappa shape index (κ2) is 7.33. The van der Waals surface area contributed by atoms with Crippen LogP contribution in [-0.2, 0) is 17.9 Å². The van der Waals surface area contributed by atoms with Gasteiger partial charge in [-0.3, -0.25) is 4.68 Å². The smallest absolute Gasteiger partial charge is 0.374 e. The molecular weight excluding hydrogens is 346 g/mol. The maximum absolute atomic E-state index is 12.2. The summed E-state index contributed by atoms with van der Waals surface area (Å²) in [5.41, 5.74) is 2.56. The number of rotatable bonds is 6. The monoisotopic (exact) mass is 363 g/mol. The normalized spacial score (nSPS) is 10.9. The SMILES string of the molecule is Cc1ccc(-c2nc(COC(=O)c3ccc(Cn4cccn4)o3)co2)cc1. The summed E-state index contributed by atoms with van der Waals surface area (Å²) in [6.07, 6.45) is 4.98. The zero-order valence-electron chi connectivity index (χ0n) is 14.7. The molecule has 7 heteroatoms. The maximum atomic E-state index is 12.2. The van der Waals surface area contributed by atoms with Crippen molar-refractivity contribution in [2.24, 2.45) is 0 Å². The highest BCUT2D eigenvalue weighted by Gasteiger charge is 2.15. The van der Waals surface area contributed by atoms with Crippen molar-refractivity contribution < 1.29 is 18.4 Å². The molecule has 0 bridgehead atoms. The number of oxazole rings is 1. The van der Waals surface area contributed by atoms with Crippen LogP contribution in [-0.4, -0.2) is 20.7 Å². The molecule has 0 amide bonds. The summed E-state index contributed by atoms with van der Waals surface area (Å²) < 4.78 is 17.9. The molecule has 0 aliphatic heterocycles. The molecule has 0 radical (unpaired) electrons. The molecule has 3 aromatic heterocycles. The minimum atomic E-state index is -0.554. The van der Waals surface area contributed by atoms with Crippen molar-refractivity contribution in [3.05, 3.63) is 83.9 Å². The molecule has 0 aliphatic rings. The lowest BCUT2D eigenvalue weighted by atomic mass is 10.1. The van der Waals surface area contributed by atoms with Crippen LogP contribution in [0, 0.1) is 6.92 Å². The first-order valence-corrected chi connectivity index (χ1v) is 8.42. The van der Waals surface area contributed by atoms with Crippen LogP contribution >= 0.6 is 0 Å². The lowest BCUT2D eigenvalue weighted by molar-refractivity contribution is 0.0429. The van der Waals surface area contributed by atoms with Gasteiger partial charge in [-0.25, -0.2) is 9.78 Å². The first-order chi connectivity index (χ1) is 13.2. The number of benzene rings is 1. The van der Waals surface area contributed by atoms with Crippen molar-refractivity contribution in [1.29, 1.82) is 0 Å². The summed E-state index contributed by atoms with van der Waals surface area (Å²) in [5.74, 6) is 0.690. The van der Waals surface area contributed by atoms with E-state index in [1.54, 1.807) is 23.0 Å². The van der Waals surface area contributed by atoms with Crippen LogP contribution in [0.25, 0.3) is 11.5 Å². The van der Waals surface area contributed by atoms with Crippen molar-refractivity contribution in [2.45, 2.75) is 20.1 Å². The van der Waals surface area contributed by atoms with Crippen LogP contribution < -0.4 is 0 Å². The standard InChI is InChI=1S/C20H17N3O4/c1-14-3-5-15(6-4-14)19-22-16(12-25-19)13-26-20(24)18-8-7-17(27-18)11-23-10-2-9-21-23/h2-10,12H,11,13H2,1H3. The van der Waals surface area contributed by atoms with Crippen LogP contribution in [0.15, 0.2) is 70.0 Å². The molecule has 0 N–H and O–H groups in total. The Bertz CT molecular complexity index is 1030. The van der Waals surface area contributed by atoms with Gasteiger partial charge in [-0.1, -0.05) is 17.7 Å². The number of esters is 1. The van der Waals surface area contributed by atoms with Gasteiger partial charge in [0.05, 0.1) is 6.54 Å². The van der Waals surface area contributed by atoms with Crippen LogP contribution in [0.5, 0.6) is 0 Å². The van der Waals surface area contributed by atoms with Crippen LogP contribution in [0.2, 0.25) is 0 Å². The van der Waals surface area contributed by atoms with Gasteiger partial charge in [0.1, 0.15) is 24.3 Å². The fraction of sp³-hybridized carbons (Fsp3) is 0.150. The first-order valence-electron chi connectivity index (χ1n) is 8.42. The number of carbonyl (C=O) groups is 1. The van der Waals surface area contributed by atoms with Crippen molar-refractivity contribution in [3.63, 3.8) is 0 Å². The Hall–Kier alpha value is -3.61. The third kappa shape index (κ3) is 3.98. The molecular formula is C20H17N3O4.